The molecule has 5 rings (SSSR count). The van der Waals surface area contributed by atoms with E-state index in [4.69, 9.17) is 14.2 Å². The fourth-order valence-electron chi connectivity index (χ4n) is 3.66. The van der Waals surface area contributed by atoms with E-state index in [9.17, 15) is 14.9 Å². The maximum absolute atomic E-state index is 12.9. The van der Waals surface area contributed by atoms with Crippen LogP contribution >= 0.6 is 31.9 Å². The highest BCUT2D eigenvalue weighted by atomic mass is 79.9. The predicted molar refractivity (Wildman–Crippen MR) is 139 cm³/mol. The summed E-state index contributed by atoms with van der Waals surface area (Å²) in [6.07, 6.45) is 1.36. The average molecular weight is 616 g/mol. The quantitative estimate of drug-likeness (QED) is 0.163. The molecular weight excluding hydrogens is 600 g/mol. The molecule has 1 aromatic heterocycles. The Morgan fingerprint density at radius 2 is 1.97 bits per heavy atom. The van der Waals surface area contributed by atoms with Gasteiger partial charge < -0.3 is 14.2 Å². The van der Waals surface area contributed by atoms with Crippen molar-refractivity contribution in [2.75, 3.05) is 6.79 Å². The van der Waals surface area contributed by atoms with Crippen LogP contribution in [0.5, 0.6) is 17.2 Å². The summed E-state index contributed by atoms with van der Waals surface area (Å²) < 4.78 is 18.7. The maximum Gasteiger partial charge on any atom is 0.312 e. The second-order valence-corrected chi connectivity index (χ2v) is 9.54. The van der Waals surface area contributed by atoms with Gasteiger partial charge in [-0.25, -0.2) is 4.98 Å². The lowest BCUT2D eigenvalue weighted by molar-refractivity contribution is -0.386. The molecule has 0 saturated carbocycles. The molecule has 0 spiro atoms. The van der Waals surface area contributed by atoms with Crippen LogP contribution in [0.1, 0.15) is 17.0 Å². The third-order valence-electron chi connectivity index (χ3n) is 5.36. The highest BCUT2D eigenvalue weighted by Gasteiger charge is 2.21. The lowest BCUT2D eigenvalue weighted by Crippen LogP contribution is -2.20. The zero-order valence-corrected chi connectivity index (χ0v) is 21.8. The summed E-state index contributed by atoms with van der Waals surface area (Å²) in [5.41, 5.74) is 1.10. The normalized spacial score (nSPS) is 12.4. The topological polar surface area (TPSA) is 118 Å². The molecule has 4 aromatic rings. The van der Waals surface area contributed by atoms with E-state index in [1.807, 2.05) is 0 Å². The first-order valence-electron chi connectivity index (χ1n) is 10.5. The Bertz CT molecular complexity index is 1620. The van der Waals surface area contributed by atoms with Crippen molar-refractivity contribution in [3.63, 3.8) is 0 Å². The molecule has 0 N–H and O–H groups in total. The Morgan fingerprint density at radius 1 is 1.17 bits per heavy atom. The largest absolute Gasteiger partial charge is 0.481 e. The summed E-state index contributed by atoms with van der Waals surface area (Å²) >= 11 is 6.72. The SMILES string of the molecule is Cc1nc2ccc(Br)cc2c(=O)n1N=Cc1cc(Br)c(OCc2ccc3c(c2)OCO3)c([N+](=O)[O-])c1. The maximum atomic E-state index is 12.9. The van der Waals surface area contributed by atoms with E-state index in [0.29, 0.717) is 38.3 Å². The molecule has 0 fully saturated rings. The number of hydrogen-bond acceptors (Lipinski definition) is 8. The first-order valence-corrected chi connectivity index (χ1v) is 12.1. The smallest absolute Gasteiger partial charge is 0.312 e. The number of halogens is 2. The molecule has 2 heterocycles. The Labute approximate surface area is 220 Å². The fourth-order valence-corrected chi connectivity index (χ4v) is 4.60. The number of nitrogens with zero attached hydrogens (tertiary/aromatic N) is 4. The van der Waals surface area contributed by atoms with Crippen LogP contribution < -0.4 is 19.8 Å². The van der Waals surface area contributed by atoms with Crippen molar-refractivity contribution in [2.24, 2.45) is 5.10 Å². The fraction of sp³-hybridized carbons (Fsp3) is 0.125. The van der Waals surface area contributed by atoms with Gasteiger partial charge in [0.1, 0.15) is 12.4 Å². The molecule has 0 unspecified atom stereocenters. The van der Waals surface area contributed by atoms with Crippen molar-refractivity contribution in [1.82, 2.24) is 9.66 Å². The van der Waals surface area contributed by atoms with Crippen molar-refractivity contribution in [1.29, 1.82) is 0 Å². The summed E-state index contributed by atoms with van der Waals surface area (Å²) in [6.45, 7) is 1.89. The lowest BCUT2D eigenvalue weighted by atomic mass is 10.2. The van der Waals surface area contributed by atoms with Gasteiger partial charge in [-0.15, -0.1) is 0 Å². The van der Waals surface area contributed by atoms with Crippen LogP contribution in [0.15, 0.2) is 67.4 Å². The molecule has 0 atom stereocenters. The van der Waals surface area contributed by atoms with Gasteiger partial charge in [-0.05, 0) is 64.8 Å². The second-order valence-electron chi connectivity index (χ2n) is 7.77. The number of hydrogen-bond donors (Lipinski definition) is 0. The van der Waals surface area contributed by atoms with E-state index < -0.39 is 4.92 Å². The van der Waals surface area contributed by atoms with Crippen LogP contribution in [0.4, 0.5) is 5.69 Å². The zero-order chi connectivity index (χ0) is 25.4. The standard InChI is InChI=1S/C24H16Br2N4O6/c1-13-28-19-4-3-16(25)9-17(19)24(31)29(13)27-10-15-6-18(26)23(20(7-15)30(32)33)34-11-14-2-5-21-22(8-14)36-12-35-21/h2-10H,11-12H2,1H3. The number of ether oxygens (including phenoxy) is 3. The highest BCUT2D eigenvalue weighted by Crippen LogP contribution is 2.38. The van der Waals surface area contributed by atoms with E-state index in [0.717, 1.165) is 14.7 Å². The Hall–Kier alpha value is -3.77. The number of rotatable bonds is 6. The molecule has 1 aliphatic rings. The van der Waals surface area contributed by atoms with Crippen LogP contribution in [-0.4, -0.2) is 27.6 Å². The van der Waals surface area contributed by atoms with Gasteiger partial charge in [-0.1, -0.05) is 22.0 Å². The molecule has 0 amide bonds. The second kappa shape index (κ2) is 9.70. The molecule has 36 heavy (non-hydrogen) atoms. The molecule has 12 heteroatoms. The van der Waals surface area contributed by atoms with E-state index in [1.54, 1.807) is 49.4 Å². The average Bonchev–Trinajstić information content (AvgIpc) is 3.31. The Balaban J connectivity index is 1.44. The summed E-state index contributed by atoms with van der Waals surface area (Å²) in [4.78, 5) is 28.6. The molecular formula is C24H16Br2N4O6. The first kappa shape index (κ1) is 23.9. The van der Waals surface area contributed by atoms with Gasteiger partial charge >= 0.3 is 5.69 Å². The van der Waals surface area contributed by atoms with Crippen molar-refractivity contribution < 1.29 is 19.1 Å². The molecule has 0 bridgehead atoms. The molecule has 182 valence electrons. The van der Waals surface area contributed by atoms with Crippen molar-refractivity contribution >= 4 is 54.7 Å². The molecule has 3 aromatic carbocycles. The van der Waals surface area contributed by atoms with Crippen molar-refractivity contribution in [2.45, 2.75) is 13.5 Å². The van der Waals surface area contributed by atoms with Crippen LogP contribution in [0.25, 0.3) is 10.9 Å². The van der Waals surface area contributed by atoms with Gasteiger partial charge in [-0.2, -0.15) is 9.78 Å². The number of nitro benzene ring substituents is 1. The van der Waals surface area contributed by atoms with Gasteiger partial charge in [0.15, 0.2) is 11.5 Å². The monoisotopic (exact) mass is 614 g/mol. The summed E-state index contributed by atoms with van der Waals surface area (Å²) in [7, 11) is 0. The number of benzene rings is 3. The third-order valence-corrected chi connectivity index (χ3v) is 6.44. The minimum absolute atomic E-state index is 0.0698. The third kappa shape index (κ3) is 4.69. The van der Waals surface area contributed by atoms with Crippen molar-refractivity contribution in [3.05, 3.63) is 94.9 Å². The van der Waals surface area contributed by atoms with Gasteiger partial charge in [0.05, 0.1) is 26.5 Å². The van der Waals surface area contributed by atoms with E-state index >= 15 is 0 Å². The Morgan fingerprint density at radius 3 is 2.78 bits per heavy atom. The molecule has 0 radical (unpaired) electrons. The number of nitro groups is 1. The van der Waals surface area contributed by atoms with Crippen molar-refractivity contribution in [3.8, 4) is 17.2 Å². The zero-order valence-electron chi connectivity index (χ0n) is 18.6. The Kier molecular flexibility index (Phi) is 6.46. The number of aromatic nitrogens is 2. The van der Waals surface area contributed by atoms with E-state index in [1.165, 1.54) is 12.3 Å². The predicted octanol–water partition coefficient (Wildman–Crippen LogP) is 5.33. The van der Waals surface area contributed by atoms with Crippen LogP contribution in [0.3, 0.4) is 0 Å². The van der Waals surface area contributed by atoms with Gasteiger partial charge in [0, 0.05) is 16.1 Å². The number of fused-ring (bicyclic) bond motifs is 2. The molecule has 1 aliphatic heterocycles. The van der Waals surface area contributed by atoms with Gasteiger partial charge in [-0.3, -0.25) is 14.9 Å². The van der Waals surface area contributed by atoms with Crippen LogP contribution in [0, 0.1) is 17.0 Å². The minimum Gasteiger partial charge on any atom is -0.481 e. The minimum atomic E-state index is -0.538. The van der Waals surface area contributed by atoms with Crippen LogP contribution in [-0.2, 0) is 6.61 Å². The van der Waals surface area contributed by atoms with Gasteiger partial charge in [0.25, 0.3) is 5.56 Å². The van der Waals surface area contributed by atoms with Gasteiger partial charge in [0.2, 0.25) is 12.5 Å². The van der Waals surface area contributed by atoms with Crippen LogP contribution in [0.2, 0.25) is 0 Å². The first-order chi connectivity index (χ1) is 17.3. The lowest BCUT2D eigenvalue weighted by Gasteiger charge is -2.10. The molecule has 0 aliphatic carbocycles. The molecule has 10 nitrogen and oxygen atoms in total. The highest BCUT2D eigenvalue weighted by molar-refractivity contribution is 9.10. The number of aryl methyl sites for hydroxylation is 1. The summed E-state index contributed by atoms with van der Waals surface area (Å²) in [6, 6.07) is 13.5. The van der Waals surface area contributed by atoms with E-state index in [-0.39, 0.29) is 30.4 Å². The summed E-state index contributed by atoms with van der Waals surface area (Å²) in [5.74, 6) is 1.68. The summed E-state index contributed by atoms with van der Waals surface area (Å²) in [5, 5.41) is 16.4. The van der Waals surface area contributed by atoms with E-state index in [2.05, 4.69) is 41.9 Å². The molecule has 0 saturated heterocycles.